The van der Waals surface area contributed by atoms with Gasteiger partial charge in [0.25, 0.3) is 5.91 Å². The molecule has 2 aromatic heterocycles. The minimum Gasteiger partial charge on any atom is -0.549 e. The number of nitrogens with one attached hydrogen (secondary N) is 1. The second kappa shape index (κ2) is 11.2. The minimum absolute atomic E-state index is 0.0569. The van der Waals surface area contributed by atoms with E-state index in [4.69, 9.17) is 22.1 Å². The fraction of sp³-hybridized carbons (Fsp3) is 0.476. The number of rotatable bonds is 10. The number of nitrogens with two attached hydrogens (primary N) is 3. The van der Waals surface area contributed by atoms with Crippen LogP contribution in [0.25, 0.3) is 0 Å². The number of anilines is 2. The summed E-state index contributed by atoms with van der Waals surface area (Å²) in [7, 11) is 0. The number of nitrogen functional groups attached to an aromatic ring is 3. The van der Waals surface area contributed by atoms with Crippen LogP contribution in [0.2, 0.25) is 0 Å². The Labute approximate surface area is 230 Å². The maximum absolute atomic E-state index is 13.0. The van der Waals surface area contributed by atoms with E-state index in [0.29, 0.717) is 17.4 Å². The molecule has 2 aliphatic heterocycles. The summed E-state index contributed by atoms with van der Waals surface area (Å²) in [5.41, 5.74) is 11.2. The molecule has 4 rings (SSSR count). The Morgan fingerprint density at radius 2 is 2.16 bits per heavy atom. The monoisotopic (exact) mass is 581 g/mol. The lowest BCUT2D eigenvalue weighted by atomic mass is 9.89. The lowest BCUT2D eigenvalue weighted by Crippen LogP contribution is -2.75. The van der Waals surface area contributed by atoms with Crippen LogP contribution < -0.4 is 32.4 Å². The number of hydrogen-bond acceptors (Lipinski definition) is 14. The zero-order chi connectivity index (χ0) is 27.6. The SMILES string of the molecule is CCON=C(C(=O)NC1C(=O)N2CC(CSc3nc(N)c(CC)c[n+]3N)(C(=O)[O-])CS[C@H]12)c1csc(N)n1. The number of fused-ring (bicyclic) bond motifs is 1. The molecule has 2 amide bonds. The molecule has 0 saturated carbocycles. The number of oxime groups is 1. The van der Waals surface area contributed by atoms with Crippen molar-refractivity contribution in [3.8, 4) is 0 Å². The Bertz CT molecular complexity index is 1290. The van der Waals surface area contributed by atoms with Crippen LogP contribution in [-0.4, -0.2) is 74.4 Å². The van der Waals surface area contributed by atoms with Crippen molar-refractivity contribution < 1.29 is 29.0 Å². The lowest BCUT2D eigenvalue weighted by Gasteiger charge is -2.55. The number of β-lactam (4-membered cyclic amide) rings is 1. The zero-order valence-corrected chi connectivity index (χ0v) is 23.0. The Hall–Kier alpha value is -3.31. The van der Waals surface area contributed by atoms with Crippen LogP contribution >= 0.6 is 34.9 Å². The summed E-state index contributed by atoms with van der Waals surface area (Å²) in [4.78, 5) is 53.0. The fourth-order valence-corrected chi connectivity index (χ4v) is 7.24. The molecule has 0 aliphatic carbocycles. The predicted molar refractivity (Wildman–Crippen MR) is 141 cm³/mol. The molecule has 204 valence electrons. The van der Waals surface area contributed by atoms with Crippen molar-refractivity contribution in [1.29, 1.82) is 0 Å². The number of carbonyl (C=O) groups is 3. The molecule has 0 bridgehead atoms. The number of aryl methyl sites for hydroxylation is 1. The van der Waals surface area contributed by atoms with E-state index in [1.165, 1.54) is 21.3 Å². The first-order chi connectivity index (χ1) is 18.1. The van der Waals surface area contributed by atoms with Gasteiger partial charge in [-0.05, 0) is 30.1 Å². The summed E-state index contributed by atoms with van der Waals surface area (Å²) in [6, 6.07) is -0.864. The summed E-state index contributed by atoms with van der Waals surface area (Å²) in [6.07, 6.45) is 2.30. The van der Waals surface area contributed by atoms with Gasteiger partial charge in [0.05, 0.1) is 11.5 Å². The molecular weight excluding hydrogens is 554 g/mol. The Morgan fingerprint density at radius 3 is 2.79 bits per heavy atom. The van der Waals surface area contributed by atoms with Crippen LogP contribution in [0.3, 0.4) is 0 Å². The van der Waals surface area contributed by atoms with E-state index in [1.807, 2.05) is 6.92 Å². The summed E-state index contributed by atoms with van der Waals surface area (Å²) in [6.45, 7) is 3.77. The van der Waals surface area contributed by atoms with Gasteiger partial charge in [-0.1, -0.05) is 12.1 Å². The second-order valence-corrected chi connectivity index (χ2v) is 11.5. The quantitative estimate of drug-likeness (QED) is 0.0452. The Morgan fingerprint density at radius 1 is 1.39 bits per heavy atom. The molecule has 2 fully saturated rings. The highest BCUT2D eigenvalue weighted by Crippen LogP contribution is 2.43. The van der Waals surface area contributed by atoms with Gasteiger partial charge >= 0.3 is 5.16 Å². The molecule has 3 atom stereocenters. The Balaban J connectivity index is 1.44. The molecule has 2 aliphatic rings. The molecular formula is C21H27N9O5S3. The number of carboxylic acids is 1. The summed E-state index contributed by atoms with van der Waals surface area (Å²) >= 11 is 3.51. The highest BCUT2D eigenvalue weighted by atomic mass is 32.2. The highest BCUT2D eigenvalue weighted by molar-refractivity contribution is 8.00. The summed E-state index contributed by atoms with van der Waals surface area (Å²) in [5.74, 6) is 4.20. The van der Waals surface area contributed by atoms with Gasteiger partial charge in [-0.15, -0.1) is 27.8 Å². The van der Waals surface area contributed by atoms with Crippen molar-refractivity contribution in [3.63, 3.8) is 0 Å². The van der Waals surface area contributed by atoms with Crippen molar-refractivity contribution in [2.75, 3.05) is 42.0 Å². The van der Waals surface area contributed by atoms with Gasteiger partial charge in [-0.25, -0.2) is 4.98 Å². The zero-order valence-electron chi connectivity index (χ0n) is 20.6. The van der Waals surface area contributed by atoms with Crippen molar-refractivity contribution in [3.05, 3.63) is 22.8 Å². The number of amides is 2. The Kier molecular flexibility index (Phi) is 8.17. The molecule has 7 N–H and O–H groups in total. The number of hydrogen-bond donors (Lipinski definition) is 4. The van der Waals surface area contributed by atoms with Gasteiger partial charge in [-0.2, -0.15) is 0 Å². The van der Waals surface area contributed by atoms with Crippen LogP contribution in [0.4, 0.5) is 10.9 Å². The number of carboxylic acid groups (broad SMARTS) is 1. The van der Waals surface area contributed by atoms with Gasteiger partial charge in [0.1, 0.15) is 29.9 Å². The first kappa shape index (κ1) is 27.7. The molecule has 2 aromatic rings. The van der Waals surface area contributed by atoms with Gasteiger partial charge < -0.3 is 36.4 Å². The van der Waals surface area contributed by atoms with Crippen LogP contribution in [0.5, 0.6) is 0 Å². The summed E-state index contributed by atoms with van der Waals surface area (Å²) < 4.78 is 1.30. The van der Waals surface area contributed by atoms with E-state index < -0.39 is 34.6 Å². The number of aromatic nitrogens is 3. The van der Waals surface area contributed by atoms with Crippen molar-refractivity contribution in [1.82, 2.24) is 20.2 Å². The van der Waals surface area contributed by atoms with Crippen LogP contribution in [0.1, 0.15) is 25.1 Å². The van der Waals surface area contributed by atoms with Gasteiger partial charge in [0.15, 0.2) is 10.8 Å². The molecule has 2 saturated heterocycles. The third-order valence-corrected chi connectivity index (χ3v) is 9.57. The smallest absolute Gasteiger partial charge is 0.384 e. The maximum Gasteiger partial charge on any atom is 0.384 e. The third kappa shape index (κ3) is 5.30. The molecule has 14 nitrogen and oxygen atoms in total. The largest absolute Gasteiger partial charge is 0.549 e. The predicted octanol–water partition coefficient (Wildman–Crippen LogP) is -2.06. The van der Waals surface area contributed by atoms with E-state index in [1.54, 1.807) is 18.5 Å². The van der Waals surface area contributed by atoms with E-state index in [2.05, 4.69) is 20.4 Å². The number of carbonyl (C=O) groups excluding carboxylic acids is 3. The van der Waals surface area contributed by atoms with Gasteiger partial charge in [0.2, 0.25) is 11.7 Å². The fourth-order valence-electron chi connectivity index (χ4n) is 3.94. The number of thioether (sulfide) groups is 2. The van der Waals surface area contributed by atoms with E-state index in [0.717, 1.165) is 28.7 Å². The topological polar surface area (TPSA) is 219 Å². The van der Waals surface area contributed by atoms with Crippen molar-refractivity contribution >= 4 is 69.3 Å². The third-order valence-electron chi connectivity index (χ3n) is 6.05. The average Bonchev–Trinajstić information content (AvgIpc) is 3.33. The average molecular weight is 582 g/mol. The van der Waals surface area contributed by atoms with Gasteiger partial charge in [-0.3, -0.25) is 15.4 Å². The lowest BCUT2D eigenvalue weighted by molar-refractivity contribution is -0.682. The van der Waals surface area contributed by atoms with Crippen molar-refractivity contribution in [2.45, 2.75) is 36.8 Å². The standard InChI is InChI=1S/C21H27N9O5S3/c1-3-10-5-30(24)20(27-14(10)22)38-9-21(18(33)34)7-29-16(32)13(17(29)37-8-21)26-15(31)12(28-35-4-2)11-6-36-19(23)25-11/h5-6,13,17,22H,3-4,7-9,24H2,1-2H3,(H4,23,25,26,31,33,34)/t13?,17-,21?/m1/s1. The molecule has 0 radical (unpaired) electrons. The first-order valence-electron chi connectivity index (χ1n) is 11.5. The number of nitrogens with zero attached hydrogens (tertiary/aromatic N) is 5. The number of thiazole rings is 1. The molecule has 2 unspecified atom stereocenters. The maximum atomic E-state index is 13.0. The second-order valence-electron chi connectivity index (χ2n) is 8.60. The molecule has 4 heterocycles. The van der Waals surface area contributed by atoms with E-state index >= 15 is 0 Å². The number of aliphatic carboxylic acids is 1. The first-order valence-corrected chi connectivity index (χ1v) is 14.5. The minimum atomic E-state index is -1.36. The molecule has 38 heavy (non-hydrogen) atoms. The van der Waals surface area contributed by atoms with Gasteiger partial charge in [0, 0.05) is 28.8 Å². The molecule has 0 spiro atoms. The normalized spacial score (nSPS) is 22.9. The summed E-state index contributed by atoms with van der Waals surface area (Å²) in [5, 5.41) is 20.5. The van der Waals surface area contributed by atoms with E-state index in [9.17, 15) is 19.5 Å². The van der Waals surface area contributed by atoms with Crippen LogP contribution in [0, 0.1) is 5.41 Å². The van der Waals surface area contributed by atoms with Crippen LogP contribution in [-0.2, 0) is 25.6 Å². The molecule has 0 aromatic carbocycles. The van der Waals surface area contributed by atoms with Crippen LogP contribution in [0.15, 0.2) is 21.9 Å². The highest BCUT2D eigenvalue weighted by Gasteiger charge is 2.56. The molecule has 17 heteroatoms. The van der Waals surface area contributed by atoms with E-state index in [-0.39, 0.29) is 41.2 Å². The van der Waals surface area contributed by atoms with Crippen molar-refractivity contribution in [2.24, 2.45) is 10.6 Å².